The molecule has 0 spiro atoms. The predicted octanol–water partition coefficient (Wildman–Crippen LogP) is -2.18. The third-order valence-corrected chi connectivity index (χ3v) is 2.35. The van der Waals surface area contributed by atoms with E-state index in [0.717, 1.165) is 0 Å². The summed E-state index contributed by atoms with van der Waals surface area (Å²) in [5.74, 6) is 0. The molecule has 1 saturated heterocycles. The van der Waals surface area contributed by atoms with E-state index in [0.29, 0.717) is 0 Å². The first-order valence-electron chi connectivity index (χ1n) is 3.39. The average Bonchev–Trinajstić information content (AvgIpc) is 2.37. The molecule has 5 heteroatoms. The summed E-state index contributed by atoms with van der Waals surface area (Å²) in [5, 5.41) is 27.7. The normalized spacial score (nSPS) is 61.1. The molecule has 3 N–H and O–H groups in total. The maximum Gasteiger partial charge on any atom is 0.186 e. The van der Waals surface area contributed by atoms with Gasteiger partial charge in [-0.3, -0.25) is 0 Å². The molecule has 0 bridgehead atoms. The molecule has 0 aromatic carbocycles. The smallest absolute Gasteiger partial charge is 0.186 e. The van der Waals surface area contributed by atoms with E-state index in [4.69, 9.17) is 14.6 Å². The van der Waals surface area contributed by atoms with E-state index < -0.39 is 30.2 Å². The fourth-order valence-electron chi connectivity index (χ4n) is 1.49. The monoisotopic (exact) mass is 162 g/mol. The first-order valence-corrected chi connectivity index (χ1v) is 3.39. The lowest BCUT2D eigenvalue weighted by Crippen LogP contribution is -2.39. The van der Waals surface area contributed by atoms with Gasteiger partial charge in [0.25, 0.3) is 0 Å². The molecule has 1 aliphatic heterocycles. The summed E-state index contributed by atoms with van der Waals surface area (Å²) in [4.78, 5) is 0. The molecule has 5 unspecified atom stereocenters. The molecule has 0 amide bonds. The van der Waals surface area contributed by atoms with Gasteiger partial charge in [-0.1, -0.05) is 0 Å². The van der Waals surface area contributed by atoms with Gasteiger partial charge in [0, 0.05) is 7.11 Å². The second-order valence-electron chi connectivity index (χ2n) is 2.94. The highest BCUT2D eigenvalue weighted by atomic mass is 16.7. The third-order valence-electron chi connectivity index (χ3n) is 2.35. The molecule has 0 aromatic rings. The number of hydrogen-bond donors (Lipinski definition) is 3. The van der Waals surface area contributed by atoms with Gasteiger partial charge in [0.15, 0.2) is 11.9 Å². The molecule has 5 atom stereocenters. The van der Waals surface area contributed by atoms with Crippen LogP contribution in [0.1, 0.15) is 0 Å². The highest BCUT2D eigenvalue weighted by Gasteiger charge is 2.76. The molecule has 0 aromatic heterocycles. The van der Waals surface area contributed by atoms with Crippen LogP contribution in [0.25, 0.3) is 0 Å². The van der Waals surface area contributed by atoms with Gasteiger partial charge in [0.1, 0.15) is 18.3 Å². The lowest BCUT2D eigenvalue weighted by molar-refractivity contribution is -0.177. The van der Waals surface area contributed by atoms with Crippen molar-refractivity contribution in [2.45, 2.75) is 30.2 Å². The molecule has 2 fully saturated rings. The standard InChI is InChI=1S/C6H10O5/c1-10-5-3(8)6(9)2(7)4(6)11-5/h2-5,7-9H,1H3. The summed E-state index contributed by atoms with van der Waals surface area (Å²) in [6.07, 6.45) is -3.60. The Hall–Kier alpha value is -0.200. The van der Waals surface area contributed by atoms with E-state index >= 15 is 0 Å². The van der Waals surface area contributed by atoms with Crippen molar-refractivity contribution in [2.24, 2.45) is 0 Å². The fourth-order valence-corrected chi connectivity index (χ4v) is 1.49. The van der Waals surface area contributed by atoms with E-state index in [1.54, 1.807) is 0 Å². The Morgan fingerprint density at radius 3 is 2.36 bits per heavy atom. The summed E-state index contributed by atoms with van der Waals surface area (Å²) in [6.45, 7) is 0. The second-order valence-corrected chi connectivity index (χ2v) is 2.94. The molecule has 2 aliphatic rings. The van der Waals surface area contributed by atoms with Crippen molar-refractivity contribution in [3.05, 3.63) is 0 Å². The minimum absolute atomic E-state index is 0.678. The van der Waals surface area contributed by atoms with Crippen LogP contribution >= 0.6 is 0 Å². The molecular weight excluding hydrogens is 152 g/mol. The molecule has 1 heterocycles. The molecule has 1 aliphatic carbocycles. The van der Waals surface area contributed by atoms with Crippen molar-refractivity contribution >= 4 is 0 Å². The summed E-state index contributed by atoms with van der Waals surface area (Å²) in [7, 11) is 1.37. The average molecular weight is 162 g/mol. The second kappa shape index (κ2) is 1.94. The largest absolute Gasteiger partial charge is 0.387 e. The Labute approximate surface area is 63.2 Å². The topological polar surface area (TPSA) is 79.2 Å². The number of aliphatic hydroxyl groups is 3. The van der Waals surface area contributed by atoms with Crippen LogP contribution in [0.15, 0.2) is 0 Å². The Bertz CT molecular complexity index is 184. The summed E-state index contributed by atoms with van der Waals surface area (Å²) >= 11 is 0. The van der Waals surface area contributed by atoms with Gasteiger partial charge >= 0.3 is 0 Å². The number of rotatable bonds is 1. The van der Waals surface area contributed by atoms with Crippen molar-refractivity contribution in [3.63, 3.8) is 0 Å². The van der Waals surface area contributed by atoms with Crippen LogP contribution in [0.3, 0.4) is 0 Å². The zero-order chi connectivity index (χ0) is 8.22. The van der Waals surface area contributed by atoms with E-state index in [1.807, 2.05) is 0 Å². The Morgan fingerprint density at radius 2 is 2.00 bits per heavy atom. The van der Waals surface area contributed by atoms with Crippen LogP contribution in [-0.4, -0.2) is 52.6 Å². The zero-order valence-electron chi connectivity index (χ0n) is 5.97. The van der Waals surface area contributed by atoms with Gasteiger partial charge in [-0.05, 0) is 0 Å². The SMILES string of the molecule is COC1OC2C(O)C2(O)C1O. The molecule has 64 valence electrons. The first-order chi connectivity index (χ1) is 5.12. The van der Waals surface area contributed by atoms with Gasteiger partial charge < -0.3 is 24.8 Å². The maximum atomic E-state index is 9.40. The number of methoxy groups -OCH3 is 1. The first kappa shape index (κ1) is 7.45. The van der Waals surface area contributed by atoms with Crippen LogP contribution in [-0.2, 0) is 9.47 Å². The number of aliphatic hydroxyl groups excluding tert-OH is 2. The fraction of sp³-hybridized carbons (Fsp3) is 1.00. The number of hydrogen-bond acceptors (Lipinski definition) is 5. The van der Waals surface area contributed by atoms with Crippen molar-refractivity contribution in [3.8, 4) is 0 Å². The maximum absolute atomic E-state index is 9.40. The minimum atomic E-state index is -1.49. The summed E-state index contributed by atoms with van der Waals surface area (Å²) < 4.78 is 9.63. The summed E-state index contributed by atoms with van der Waals surface area (Å²) in [6, 6.07) is 0. The van der Waals surface area contributed by atoms with Crippen LogP contribution < -0.4 is 0 Å². The van der Waals surface area contributed by atoms with Gasteiger partial charge in [0.2, 0.25) is 0 Å². The number of ether oxygens (including phenoxy) is 2. The van der Waals surface area contributed by atoms with E-state index in [1.165, 1.54) is 7.11 Å². The molecular formula is C6H10O5. The molecule has 0 radical (unpaired) electrons. The van der Waals surface area contributed by atoms with Crippen molar-refractivity contribution in [1.29, 1.82) is 0 Å². The van der Waals surface area contributed by atoms with Crippen LogP contribution in [0, 0.1) is 0 Å². The van der Waals surface area contributed by atoms with E-state index in [2.05, 4.69) is 0 Å². The van der Waals surface area contributed by atoms with Crippen LogP contribution in [0.5, 0.6) is 0 Å². The highest BCUT2D eigenvalue weighted by Crippen LogP contribution is 2.50. The Morgan fingerprint density at radius 1 is 1.36 bits per heavy atom. The van der Waals surface area contributed by atoms with Gasteiger partial charge in [0.05, 0.1) is 0 Å². The van der Waals surface area contributed by atoms with E-state index in [-0.39, 0.29) is 0 Å². The predicted molar refractivity (Wildman–Crippen MR) is 32.6 cm³/mol. The lowest BCUT2D eigenvalue weighted by Gasteiger charge is -2.18. The number of fused-ring (bicyclic) bond motifs is 1. The Balaban J connectivity index is 2.13. The van der Waals surface area contributed by atoms with Crippen molar-refractivity contribution in [2.75, 3.05) is 7.11 Å². The minimum Gasteiger partial charge on any atom is -0.387 e. The van der Waals surface area contributed by atoms with E-state index in [9.17, 15) is 10.2 Å². The Kier molecular flexibility index (Phi) is 1.31. The van der Waals surface area contributed by atoms with Crippen LogP contribution in [0.4, 0.5) is 0 Å². The van der Waals surface area contributed by atoms with Crippen molar-refractivity contribution < 1.29 is 24.8 Å². The van der Waals surface area contributed by atoms with Gasteiger partial charge in [-0.2, -0.15) is 0 Å². The zero-order valence-corrected chi connectivity index (χ0v) is 5.97. The molecule has 11 heavy (non-hydrogen) atoms. The third kappa shape index (κ3) is 0.671. The molecule has 2 rings (SSSR count). The molecule has 1 saturated carbocycles. The lowest BCUT2D eigenvalue weighted by atomic mass is 10.2. The van der Waals surface area contributed by atoms with Gasteiger partial charge in [-0.15, -0.1) is 0 Å². The highest BCUT2D eigenvalue weighted by molar-refractivity contribution is 5.24. The quantitative estimate of drug-likeness (QED) is 0.408. The molecule has 5 nitrogen and oxygen atoms in total. The van der Waals surface area contributed by atoms with Gasteiger partial charge in [-0.25, -0.2) is 0 Å². The van der Waals surface area contributed by atoms with Crippen molar-refractivity contribution in [1.82, 2.24) is 0 Å². The van der Waals surface area contributed by atoms with Crippen LogP contribution in [0.2, 0.25) is 0 Å². The summed E-state index contributed by atoms with van der Waals surface area (Å²) in [5.41, 5.74) is -1.49.